The summed E-state index contributed by atoms with van der Waals surface area (Å²) in [5, 5.41) is 0. The standard InChI is InChI=1S/C23H32N2O4/c1-28-17-9-10-21(29-2)18(13-17)19-14-25(22(26)16-7-3-4-8-16)15-20(19)23(27)24-11-5-6-12-24/h9-10,13,16,19-20H,3-8,11-12,14-15H2,1-2H3/t19-,20-/m1/s1. The van der Waals surface area contributed by atoms with E-state index in [2.05, 4.69) is 0 Å². The Morgan fingerprint density at radius 2 is 1.62 bits per heavy atom. The zero-order valence-corrected chi connectivity index (χ0v) is 17.6. The average Bonchev–Trinajstić information content (AvgIpc) is 3.53. The number of hydrogen-bond acceptors (Lipinski definition) is 4. The van der Waals surface area contributed by atoms with E-state index < -0.39 is 0 Å². The van der Waals surface area contributed by atoms with Crippen LogP contribution in [0.4, 0.5) is 0 Å². The summed E-state index contributed by atoms with van der Waals surface area (Å²) < 4.78 is 11.1. The van der Waals surface area contributed by atoms with Gasteiger partial charge >= 0.3 is 0 Å². The fraction of sp³-hybridized carbons (Fsp3) is 0.652. The molecule has 0 aromatic heterocycles. The minimum absolute atomic E-state index is 0.0708. The second kappa shape index (κ2) is 8.64. The highest BCUT2D eigenvalue weighted by molar-refractivity contribution is 5.84. The van der Waals surface area contributed by atoms with Crippen LogP contribution >= 0.6 is 0 Å². The summed E-state index contributed by atoms with van der Waals surface area (Å²) >= 11 is 0. The Morgan fingerprint density at radius 1 is 0.897 bits per heavy atom. The molecular weight excluding hydrogens is 368 g/mol. The molecule has 2 aliphatic heterocycles. The Balaban J connectivity index is 1.64. The molecule has 0 radical (unpaired) electrons. The van der Waals surface area contributed by atoms with Crippen LogP contribution in [0.2, 0.25) is 0 Å². The topological polar surface area (TPSA) is 59.1 Å². The Kier molecular flexibility index (Phi) is 5.97. The van der Waals surface area contributed by atoms with Gasteiger partial charge in [-0.2, -0.15) is 0 Å². The molecule has 29 heavy (non-hydrogen) atoms. The number of rotatable bonds is 5. The first kappa shape index (κ1) is 20.0. The van der Waals surface area contributed by atoms with Gasteiger partial charge in [-0.05, 0) is 43.9 Å². The van der Waals surface area contributed by atoms with E-state index in [1.54, 1.807) is 14.2 Å². The van der Waals surface area contributed by atoms with Gasteiger partial charge in [-0.15, -0.1) is 0 Å². The van der Waals surface area contributed by atoms with Crippen molar-refractivity contribution in [2.45, 2.75) is 44.4 Å². The molecule has 0 N–H and O–H groups in total. The minimum Gasteiger partial charge on any atom is -0.497 e. The fourth-order valence-corrected chi connectivity index (χ4v) is 5.28. The largest absolute Gasteiger partial charge is 0.497 e. The van der Waals surface area contributed by atoms with Gasteiger partial charge in [0.05, 0.1) is 20.1 Å². The van der Waals surface area contributed by atoms with E-state index in [4.69, 9.17) is 9.47 Å². The second-order valence-electron chi connectivity index (χ2n) is 8.58. The number of likely N-dealkylation sites (tertiary alicyclic amines) is 2. The minimum atomic E-state index is -0.223. The van der Waals surface area contributed by atoms with Crippen molar-refractivity contribution in [3.05, 3.63) is 23.8 Å². The molecular formula is C23H32N2O4. The zero-order chi connectivity index (χ0) is 20.4. The van der Waals surface area contributed by atoms with Gasteiger partial charge in [0.1, 0.15) is 11.5 Å². The van der Waals surface area contributed by atoms with E-state index in [9.17, 15) is 9.59 Å². The molecule has 2 amide bonds. The molecule has 1 aromatic carbocycles. The second-order valence-corrected chi connectivity index (χ2v) is 8.58. The molecule has 0 spiro atoms. The molecule has 0 unspecified atom stereocenters. The number of methoxy groups -OCH3 is 2. The van der Waals surface area contributed by atoms with Gasteiger partial charge in [0.25, 0.3) is 0 Å². The summed E-state index contributed by atoms with van der Waals surface area (Å²) in [5.74, 6) is 1.74. The van der Waals surface area contributed by atoms with Gasteiger partial charge in [0.2, 0.25) is 11.8 Å². The highest BCUT2D eigenvalue weighted by atomic mass is 16.5. The van der Waals surface area contributed by atoms with Gasteiger partial charge in [-0.1, -0.05) is 12.8 Å². The molecule has 1 saturated carbocycles. The van der Waals surface area contributed by atoms with Crippen LogP contribution in [0, 0.1) is 11.8 Å². The maximum atomic E-state index is 13.4. The van der Waals surface area contributed by atoms with Crippen molar-refractivity contribution in [1.29, 1.82) is 0 Å². The van der Waals surface area contributed by atoms with Crippen molar-refractivity contribution < 1.29 is 19.1 Å². The van der Waals surface area contributed by atoms with Crippen molar-refractivity contribution in [2.75, 3.05) is 40.4 Å². The number of hydrogen-bond donors (Lipinski definition) is 0. The van der Waals surface area contributed by atoms with Crippen LogP contribution in [0.3, 0.4) is 0 Å². The maximum Gasteiger partial charge on any atom is 0.228 e. The van der Waals surface area contributed by atoms with Crippen LogP contribution in [0.1, 0.15) is 50.0 Å². The Morgan fingerprint density at radius 3 is 2.28 bits per heavy atom. The lowest BCUT2D eigenvalue weighted by Gasteiger charge is -2.25. The van der Waals surface area contributed by atoms with E-state index >= 15 is 0 Å². The van der Waals surface area contributed by atoms with E-state index in [0.717, 1.165) is 68.7 Å². The highest BCUT2D eigenvalue weighted by Gasteiger charge is 2.44. The third-order valence-electron chi connectivity index (χ3n) is 6.91. The fourth-order valence-electron chi connectivity index (χ4n) is 5.28. The van der Waals surface area contributed by atoms with Crippen molar-refractivity contribution >= 4 is 11.8 Å². The SMILES string of the molecule is COc1ccc(OC)c([C@H]2CN(C(=O)C3CCCC3)C[C@H]2C(=O)N2CCCC2)c1. The van der Waals surface area contributed by atoms with E-state index in [-0.39, 0.29) is 29.6 Å². The molecule has 1 aromatic rings. The molecule has 2 heterocycles. The predicted molar refractivity (Wildman–Crippen MR) is 110 cm³/mol. The van der Waals surface area contributed by atoms with Crippen LogP contribution in [0.5, 0.6) is 11.5 Å². The van der Waals surface area contributed by atoms with Crippen molar-refractivity contribution in [2.24, 2.45) is 11.8 Å². The predicted octanol–water partition coefficient (Wildman–Crippen LogP) is 3.06. The van der Waals surface area contributed by atoms with Crippen LogP contribution in [-0.4, -0.2) is 62.0 Å². The lowest BCUT2D eigenvalue weighted by molar-refractivity contribution is -0.136. The third kappa shape index (κ3) is 3.94. The molecule has 4 rings (SSSR count). The molecule has 3 aliphatic rings. The monoisotopic (exact) mass is 400 g/mol. The third-order valence-corrected chi connectivity index (χ3v) is 6.91. The van der Waals surface area contributed by atoms with Gasteiger partial charge in [0.15, 0.2) is 0 Å². The lowest BCUT2D eigenvalue weighted by atomic mass is 9.87. The van der Waals surface area contributed by atoms with Gasteiger partial charge < -0.3 is 19.3 Å². The number of benzene rings is 1. The van der Waals surface area contributed by atoms with Crippen molar-refractivity contribution in [3.8, 4) is 11.5 Å². The lowest BCUT2D eigenvalue weighted by Crippen LogP contribution is -2.38. The number of nitrogens with zero attached hydrogens (tertiary/aromatic N) is 2. The van der Waals surface area contributed by atoms with Crippen LogP contribution < -0.4 is 9.47 Å². The van der Waals surface area contributed by atoms with Crippen molar-refractivity contribution in [1.82, 2.24) is 9.80 Å². The quantitative estimate of drug-likeness (QED) is 0.762. The van der Waals surface area contributed by atoms with E-state index in [1.165, 1.54) is 0 Å². The summed E-state index contributed by atoms with van der Waals surface area (Å²) in [6.07, 6.45) is 6.36. The number of carbonyl (C=O) groups is 2. The molecule has 3 fully saturated rings. The zero-order valence-electron chi connectivity index (χ0n) is 17.6. The number of amides is 2. The Hall–Kier alpha value is -2.24. The number of ether oxygens (including phenoxy) is 2. The molecule has 6 heteroatoms. The molecule has 6 nitrogen and oxygen atoms in total. The van der Waals surface area contributed by atoms with E-state index in [1.807, 2.05) is 28.0 Å². The summed E-state index contributed by atoms with van der Waals surface area (Å²) in [4.78, 5) is 30.5. The van der Waals surface area contributed by atoms with E-state index in [0.29, 0.717) is 13.1 Å². The Labute approximate surface area is 173 Å². The van der Waals surface area contributed by atoms with Gasteiger partial charge in [-0.3, -0.25) is 9.59 Å². The summed E-state index contributed by atoms with van der Waals surface area (Å²) in [5.41, 5.74) is 0.964. The average molecular weight is 401 g/mol. The van der Waals surface area contributed by atoms with Crippen LogP contribution in [-0.2, 0) is 9.59 Å². The number of carbonyl (C=O) groups excluding carboxylic acids is 2. The van der Waals surface area contributed by atoms with Gasteiger partial charge in [-0.25, -0.2) is 0 Å². The first-order chi connectivity index (χ1) is 14.1. The first-order valence-corrected chi connectivity index (χ1v) is 10.9. The van der Waals surface area contributed by atoms with Crippen molar-refractivity contribution in [3.63, 3.8) is 0 Å². The molecule has 0 bridgehead atoms. The summed E-state index contributed by atoms with van der Waals surface area (Å²) in [6.45, 7) is 2.74. The molecule has 2 saturated heterocycles. The van der Waals surface area contributed by atoms with Gasteiger partial charge in [0, 0.05) is 43.6 Å². The molecule has 2 atom stereocenters. The molecule has 158 valence electrons. The van der Waals surface area contributed by atoms with Crippen LogP contribution in [0.25, 0.3) is 0 Å². The van der Waals surface area contributed by atoms with Crippen LogP contribution in [0.15, 0.2) is 18.2 Å². The highest BCUT2D eigenvalue weighted by Crippen LogP contribution is 2.41. The summed E-state index contributed by atoms with van der Waals surface area (Å²) in [7, 11) is 3.29. The molecule has 1 aliphatic carbocycles. The maximum absolute atomic E-state index is 13.4. The smallest absolute Gasteiger partial charge is 0.228 e. The first-order valence-electron chi connectivity index (χ1n) is 10.9. The Bertz CT molecular complexity index is 753. The summed E-state index contributed by atoms with van der Waals surface area (Å²) in [6, 6.07) is 5.74. The normalized spacial score (nSPS) is 24.9.